The molecule has 0 saturated carbocycles. The summed E-state index contributed by atoms with van der Waals surface area (Å²) in [6.07, 6.45) is 4.36. The zero-order valence-electron chi connectivity index (χ0n) is 12.6. The second kappa shape index (κ2) is 6.63. The van der Waals surface area contributed by atoms with E-state index in [9.17, 15) is 9.59 Å². The first-order chi connectivity index (χ1) is 11.5. The quantitative estimate of drug-likeness (QED) is 0.774. The van der Waals surface area contributed by atoms with Gasteiger partial charge in [0.15, 0.2) is 0 Å². The van der Waals surface area contributed by atoms with Gasteiger partial charge in [0.25, 0.3) is 0 Å². The van der Waals surface area contributed by atoms with Crippen LogP contribution in [0.25, 0.3) is 11.5 Å². The van der Waals surface area contributed by atoms with Gasteiger partial charge in [0.1, 0.15) is 12.2 Å². The summed E-state index contributed by atoms with van der Waals surface area (Å²) in [7, 11) is 0. The van der Waals surface area contributed by atoms with Crippen molar-refractivity contribution in [1.29, 1.82) is 0 Å². The SMILES string of the molecule is Cc1ccc(NC(=O)Cn2c(-c3cnccn3)noc2=O)cc1Cl. The van der Waals surface area contributed by atoms with Gasteiger partial charge in [-0.1, -0.05) is 22.8 Å². The number of nitrogens with one attached hydrogen (secondary N) is 1. The summed E-state index contributed by atoms with van der Waals surface area (Å²) in [5.41, 5.74) is 1.76. The van der Waals surface area contributed by atoms with E-state index in [4.69, 9.17) is 11.6 Å². The standard InChI is InChI=1S/C15H12ClN5O3/c1-9-2-3-10(6-11(9)16)19-13(22)8-21-14(20-24-15(21)23)12-7-17-4-5-18-12/h2-7H,8H2,1H3,(H,19,22). The van der Waals surface area contributed by atoms with E-state index >= 15 is 0 Å². The minimum Gasteiger partial charge on any atom is -0.324 e. The van der Waals surface area contributed by atoms with Crippen molar-refractivity contribution in [2.45, 2.75) is 13.5 Å². The van der Waals surface area contributed by atoms with Crippen LogP contribution >= 0.6 is 11.6 Å². The molecule has 0 spiro atoms. The topological polar surface area (TPSA) is 103 Å². The van der Waals surface area contributed by atoms with Gasteiger partial charge in [0, 0.05) is 23.1 Å². The Morgan fingerprint density at radius 3 is 2.92 bits per heavy atom. The van der Waals surface area contributed by atoms with Crippen molar-refractivity contribution in [2.75, 3.05) is 5.32 Å². The fourth-order valence-corrected chi connectivity index (χ4v) is 2.20. The monoisotopic (exact) mass is 345 g/mol. The number of carbonyl (C=O) groups excluding carboxylic acids is 1. The second-order valence-corrected chi connectivity index (χ2v) is 5.37. The van der Waals surface area contributed by atoms with Crippen LogP contribution in [0.15, 0.2) is 46.1 Å². The van der Waals surface area contributed by atoms with Crippen molar-refractivity contribution in [3.63, 3.8) is 0 Å². The number of amides is 1. The van der Waals surface area contributed by atoms with Crippen molar-refractivity contribution in [3.8, 4) is 11.5 Å². The highest BCUT2D eigenvalue weighted by Crippen LogP contribution is 2.20. The van der Waals surface area contributed by atoms with Crippen LogP contribution in [0.4, 0.5) is 5.69 Å². The maximum atomic E-state index is 12.2. The fraction of sp³-hybridized carbons (Fsp3) is 0.133. The van der Waals surface area contributed by atoms with Crippen LogP contribution in [0.1, 0.15) is 5.56 Å². The predicted octanol–water partition coefficient (Wildman–Crippen LogP) is 1.89. The number of hydrogen-bond donors (Lipinski definition) is 1. The molecule has 0 atom stereocenters. The predicted molar refractivity (Wildman–Crippen MR) is 86.6 cm³/mol. The third-order valence-corrected chi connectivity index (χ3v) is 3.64. The molecule has 3 aromatic rings. The minimum atomic E-state index is -0.757. The zero-order chi connectivity index (χ0) is 17.1. The first-order valence-corrected chi connectivity index (χ1v) is 7.31. The summed E-state index contributed by atoms with van der Waals surface area (Å²) in [6.45, 7) is 1.58. The maximum absolute atomic E-state index is 12.2. The van der Waals surface area contributed by atoms with Gasteiger partial charge in [-0.3, -0.25) is 14.3 Å². The number of hydrogen-bond acceptors (Lipinski definition) is 6. The molecule has 24 heavy (non-hydrogen) atoms. The highest BCUT2D eigenvalue weighted by molar-refractivity contribution is 6.31. The lowest BCUT2D eigenvalue weighted by atomic mass is 10.2. The third kappa shape index (κ3) is 3.33. The van der Waals surface area contributed by atoms with E-state index in [0.717, 1.165) is 10.1 Å². The second-order valence-electron chi connectivity index (χ2n) is 4.96. The van der Waals surface area contributed by atoms with Gasteiger partial charge in [-0.05, 0) is 24.6 Å². The van der Waals surface area contributed by atoms with Gasteiger partial charge >= 0.3 is 5.76 Å². The lowest BCUT2D eigenvalue weighted by molar-refractivity contribution is -0.116. The summed E-state index contributed by atoms with van der Waals surface area (Å²) in [5, 5.41) is 6.85. The molecule has 0 unspecified atom stereocenters. The highest BCUT2D eigenvalue weighted by Gasteiger charge is 2.17. The number of aromatic nitrogens is 4. The normalized spacial score (nSPS) is 10.6. The Morgan fingerprint density at radius 2 is 2.21 bits per heavy atom. The molecule has 0 aliphatic carbocycles. The molecule has 0 fully saturated rings. The number of nitrogens with zero attached hydrogens (tertiary/aromatic N) is 4. The molecule has 0 aliphatic rings. The number of benzene rings is 1. The Labute approximate surface area is 141 Å². The Balaban J connectivity index is 1.81. The minimum absolute atomic E-state index is 0.130. The first-order valence-electron chi connectivity index (χ1n) is 6.93. The van der Waals surface area contributed by atoms with Crippen LogP contribution in [0.2, 0.25) is 5.02 Å². The summed E-state index contributed by atoms with van der Waals surface area (Å²) >= 11 is 6.02. The van der Waals surface area contributed by atoms with Crippen molar-refractivity contribution in [1.82, 2.24) is 19.7 Å². The van der Waals surface area contributed by atoms with E-state index in [1.807, 2.05) is 6.92 Å². The van der Waals surface area contributed by atoms with Crippen LogP contribution < -0.4 is 11.1 Å². The summed E-state index contributed by atoms with van der Waals surface area (Å²) < 4.78 is 5.70. The fourth-order valence-electron chi connectivity index (χ4n) is 2.02. The summed E-state index contributed by atoms with van der Waals surface area (Å²) in [6, 6.07) is 5.14. The van der Waals surface area contributed by atoms with Gasteiger partial charge in [0.2, 0.25) is 11.7 Å². The Bertz CT molecular complexity index is 936. The van der Waals surface area contributed by atoms with Crippen LogP contribution in [-0.2, 0) is 11.3 Å². The number of rotatable bonds is 4. The average molecular weight is 346 g/mol. The maximum Gasteiger partial charge on any atom is 0.442 e. The van der Waals surface area contributed by atoms with Crippen molar-refractivity contribution in [3.05, 3.63) is 57.9 Å². The molecule has 0 bridgehead atoms. The molecular weight excluding hydrogens is 334 g/mol. The molecule has 0 radical (unpaired) electrons. The average Bonchev–Trinajstić information content (AvgIpc) is 2.93. The van der Waals surface area contributed by atoms with Gasteiger partial charge in [-0.15, -0.1) is 0 Å². The van der Waals surface area contributed by atoms with Crippen molar-refractivity contribution in [2.24, 2.45) is 0 Å². The molecule has 8 nitrogen and oxygen atoms in total. The van der Waals surface area contributed by atoms with E-state index in [1.54, 1.807) is 18.2 Å². The number of halogens is 1. The lowest BCUT2D eigenvalue weighted by Crippen LogP contribution is -2.25. The van der Waals surface area contributed by atoms with Crippen LogP contribution in [-0.4, -0.2) is 25.6 Å². The molecule has 0 saturated heterocycles. The van der Waals surface area contributed by atoms with Gasteiger partial charge in [-0.25, -0.2) is 14.3 Å². The summed E-state index contributed by atoms with van der Waals surface area (Å²) in [4.78, 5) is 31.9. The van der Waals surface area contributed by atoms with E-state index in [0.29, 0.717) is 16.4 Å². The Morgan fingerprint density at radius 1 is 1.38 bits per heavy atom. The number of anilines is 1. The summed E-state index contributed by atoms with van der Waals surface area (Å²) in [5.74, 6) is -1.05. The first kappa shape index (κ1) is 15.9. The van der Waals surface area contributed by atoms with Gasteiger partial charge < -0.3 is 5.32 Å². The molecule has 2 heterocycles. The molecule has 1 amide bonds. The van der Waals surface area contributed by atoms with Crippen LogP contribution in [0.3, 0.4) is 0 Å². The highest BCUT2D eigenvalue weighted by atomic mass is 35.5. The molecule has 0 aliphatic heterocycles. The molecule has 1 N–H and O–H groups in total. The van der Waals surface area contributed by atoms with E-state index in [1.165, 1.54) is 18.6 Å². The van der Waals surface area contributed by atoms with Crippen LogP contribution in [0.5, 0.6) is 0 Å². The molecule has 3 rings (SSSR count). The van der Waals surface area contributed by atoms with Gasteiger partial charge in [-0.2, -0.15) is 0 Å². The Hall–Kier alpha value is -3.00. The lowest BCUT2D eigenvalue weighted by Gasteiger charge is -2.07. The molecule has 9 heteroatoms. The van der Waals surface area contributed by atoms with Gasteiger partial charge in [0.05, 0.1) is 6.20 Å². The molecular formula is C15H12ClN5O3. The number of aryl methyl sites for hydroxylation is 1. The zero-order valence-corrected chi connectivity index (χ0v) is 13.3. The van der Waals surface area contributed by atoms with Crippen molar-refractivity contribution < 1.29 is 9.32 Å². The van der Waals surface area contributed by atoms with Crippen molar-refractivity contribution >= 4 is 23.2 Å². The number of carbonyl (C=O) groups is 1. The van der Waals surface area contributed by atoms with E-state index in [-0.39, 0.29) is 12.4 Å². The largest absolute Gasteiger partial charge is 0.442 e. The third-order valence-electron chi connectivity index (χ3n) is 3.24. The van der Waals surface area contributed by atoms with E-state index < -0.39 is 11.7 Å². The Kier molecular flexibility index (Phi) is 4.39. The molecule has 1 aromatic carbocycles. The van der Waals surface area contributed by atoms with E-state index in [2.05, 4.69) is 25.0 Å². The van der Waals surface area contributed by atoms with Crippen LogP contribution in [0, 0.1) is 6.92 Å². The molecule has 2 aromatic heterocycles. The smallest absolute Gasteiger partial charge is 0.324 e. The molecule has 122 valence electrons.